The molecule has 68 valence electrons. The van der Waals surface area contributed by atoms with E-state index in [0.29, 0.717) is 18.2 Å². The Balaban J connectivity index is 3.40. The maximum atomic E-state index is 11.2. The Morgan fingerprint density at radius 3 is 2.64 bits per heavy atom. The highest BCUT2D eigenvalue weighted by molar-refractivity contribution is 7.85. The van der Waals surface area contributed by atoms with Gasteiger partial charge < -0.3 is 5.73 Å². The van der Waals surface area contributed by atoms with Crippen LogP contribution in [0.15, 0.2) is 0 Å². The van der Waals surface area contributed by atoms with Crippen molar-refractivity contribution in [3.8, 4) is 0 Å². The van der Waals surface area contributed by atoms with E-state index in [1.54, 1.807) is 0 Å². The Kier molecular flexibility index (Phi) is 6.87. The van der Waals surface area contributed by atoms with E-state index in [9.17, 15) is 4.21 Å². The molecule has 2 unspecified atom stereocenters. The molecule has 3 heteroatoms. The summed E-state index contributed by atoms with van der Waals surface area (Å²) in [6.45, 7) is 4.85. The van der Waals surface area contributed by atoms with Gasteiger partial charge in [0.1, 0.15) is 0 Å². The summed E-state index contributed by atoms with van der Waals surface area (Å²) in [5.41, 5.74) is 5.29. The zero-order chi connectivity index (χ0) is 8.69. The van der Waals surface area contributed by atoms with Gasteiger partial charge in [0.05, 0.1) is 0 Å². The molecule has 0 saturated heterocycles. The molecule has 0 aromatic carbocycles. The third-order valence-electron chi connectivity index (χ3n) is 1.60. The SMILES string of the molecule is CCCC(C)CS(=O)CCN. The van der Waals surface area contributed by atoms with Gasteiger partial charge in [-0.1, -0.05) is 26.7 Å². The first-order valence-corrected chi connectivity index (χ1v) is 5.74. The summed E-state index contributed by atoms with van der Waals surface area (Å²) in [6.07, 6.45) is 2.36. The standard InChI is InChI=1S/C8H19NOS/c1-3-4-8(2)7-11(10)6-5-9/h8H,3-7,9H2,1-2H3. The van der Waals surface area contributed by atoms with Gasteiger partial charge in [0, 0.05) is 28.9 Å². The minimum atomic E-state index is -0.677. The van der Waals surface area contributed by atoms with Crippen LogP contribution in [-0.2, 0) is 10.8 Å². The third-order valence-corrected chi connectivity index (χ3v) is 3.23. The Bertz CT molecular complexity index is 117. The molecule has 0 aliphatic carbocycles. The van der Waals surface area contributed by atoms with Crippen LogP contribution in [-0.4, -0.2) is 22.3 Å². The summed E-state index contributed by atoms with van der Waals surface area (Å²) < 4.78 is 11.2. The highest BCUT2D eigenvalue weighted by Gasteiger charge is 2.05. The zero-order valence-electron chi connectivity index (χ0n) is 7.51. The molecule has 2 N–H and O–H groups in total. The average Bonchev–Trinajstić information content (AvgIpc) is 1.87. The fraction of sp³-hybridized carbons (Fsp3) is 1.00. The van der Waals surface area contributed by atoms with Crippen molar-refractivity contribution in [2.45, 2.75) is 26.7 Å². The van der Waals surface area contributed by atoms with Gasteiger partial charge in [0.25, 0.3) is 0 Å². The molecule has 0 spiro atoms. The Morgan fingerprint density at radius 1 is 1.55 bits per heavy atom. The number of rotatable bonds is 6. The molecule has 0 aromatic heterocycles. The van der Waals surface area contributed by atoms with E-state index in [2.05, 4.69) is 13.8 Å². The molecule has 0 aromatic rings. The molecule has 0 aliphatic rings. The maximum Gasteiger partial charge on any atom is 0.0357 e. The lowest BCUT2D eigenvalue weighted by atomic mass is 10.1. The molecule has 0 aliphatic heterocycles. The van der Waals surface area contributed by atoms with E-state index in [-0.39, 0.29) is 0 Å². The van der Waals surface area contributed by atoms with Gasteiger partial charge in [-0.15, -0.1) is 0 Å². The van der Waals surface area contributed by atoms with Crippen molar-refractivity contribution in [1.82, 2.24) is 0 Å². The maximum absolute atomic E-state index is 11.2. The monoisotopic (exact) mass is 177 g/mol. The second-order valence-corrected chi connectivity index (χ2v) is 4.61. The van der Waals surface area contributed by atoms with Crippen molar-refractivity contribution in [2.75, 3.05) is 18.1 Å². The second-order valence-electron chi connectivity index (χ2n) is 2.99. The first kappa shape index (κ1) is 11.1. The quantitative estimate of drug-likeness (QED) is 0.661. The summed E-state index contributed by atoms with van der Waals surface area (Å²) >= 11 is 0. The van der Waals surface area contributed by atoms with Gasteiger partial charge in [0.15, 0.2) is 0 Å². The van der Waals surface area contributed by atoms with Gasteiger partial charge in [-0.25, -0.2) is 0 Å². The molecule has 0 saturated carbocycles. The van der Waals surface area contributed by atoms with Gasteiger partial charge in [0.2, 0.25) is 0 Å². The van der Waals surface area contributed by atoms with Crippen LogP contribution >= 0.6 is 0 Å². The van der Waals surface area contributed by atoms with Crippen LogP contribution in [0.25, 0.3) is 0 Å². The summed E-state index contributed by atoms with van der Waals surface area (Å²) in [5, 5.41) is 0. The molecule has 0 heterocycles. The van der Waals surface area contributed by atoms with Crippen LogP contribution in [0.2, 0.25) is 0 Å². The summed E-state index contributed by atoms with van der Waals surface area (Å²) in [7, 11) is -0.677. The van der Waals surface area contributed by atoms with E-state index in [1.165, 1.54) is 12.8 Å². The van der Waals surface area contributed by atoms with E-state index in [0.717, 1.165) is 5.75 Å². The predicted octanol–water partition coefficient (Wildman–Crippen LogP) is 1.13. The molecule has 2 atom stereocenters. The number of hydrogen-bond donors (Lipinski definition) is 1. The predicted molar refractivity (Wildman–Crippen MR) is 51.0 cm³/mol. The van der Waals surface area contributed by atoms with Crippen molar-refractivity contribution in [2.24, 2.45) is 11.7 Å². The summed E-state index contributed by atoms with van der Waals surface area (Å²) in [4.78, 5) is 0. The fourth-order valence-corrected chi connectivity index (χ4v) is 2.34. The normalized spacial score (nSPS) is 16.3. The van der Waals surface area contributed by atoms with Crippen LogP contribution in [0.4, 0.5) is 0 Å². The lowest BCUT2D eigenvalue weighted by molar-refractivity contribution is 0.574. The lowest BCUT2D eigenvalue weighted by Gasteiger charge is -2.08. The Hall–Kier alpha value is 0.110. The van der Waals surface area contributed by atoms with E-state index >= 15 is 0 Å². The van der Waals surface area contributed by atoms with Gasteiger partial charge in [-0.3, -0.25) is 4.21 Å². The molecule has 2 nitrogen and oxygen atoms in total. The lowest BCUT2D eigenvalue weighted by Crippen LogP contribution is -2.16. The van der Waals surface area contributed by atoms with Crippen molar-refractivity contribution in [3.63, 3.8) is 0 Å². The molecular formula is C8H19NOS. The molecule has 0 bridgehead atoms. The molecule has 0 radical (unpaired) electrons. The van der Waals surface area contributed by atoms with Crippen molar-refractivity contribution in [3.05, 3.63) is 0 Å². The molecule has 0 fully saturated rings. The van der Waals surface area contributed by atoms with Crippen LogP contribution in [0.5, 0.6) is 0 Å². The molecule has 0 rings (SSSR count). The highest BCUT2D eigenvalue weighted by Crippen LogP contribution is 2.06. The van der Waals surface area contributed by atoms with Crippen LogP contribution in [0, 0.1) is 5.92 Å². The topological polar surface area (TPSA) is 43.1 Å². The first-order valence-electron chi connectivity index (χ1n) is 4.25. The van der Waals surface area contributed by atoms with Crippen LogP contribution in [0.1, 0.15) is 26.7 Å². The van der Waals surface area contributed by atoms with E-state index < -0.39 is 10.8 Å². The highest BCUT2D eigenvalue weighted by atomic mass is 32.2. The van der Waals surface area contributed by atoms with Gasteiger partial charge in [-0.2, -0.15) is 0 Å². The number of nitrogens with two attached hydrogens (primary N) is 1. The van der Waals surface area contributed by atoms with Crippen molar-refractivity contribution < 1.29 is 4.21 Å². The molecule has 11 heavy (non-hydrogen) atoms. The third kappa shape index (κ3) is 6.51. The minimum Gasteiger partial charge on any atom is -0.330 e. The zero-order valence-corrected chi connectivity index (χ0v) is 8.32. The summed E-state index contributed by atoms with van der Waals surface area (Å²) in [6, 6.07) is 0. The van der Waals surface area contributed by atoms with E-state index in [4.69, 9.17) is 5.73 Å². The molecular weight excluding hydrogens is 158 g/mol. The van der Waals surface area contributed by atoms with Gasteiger partial charge in [-0.05, 0) is 5.92 Å². The fourth-order valence-electron chi connectivity index (χ4n) is 1.11. The van der Waals surface area contributed by atoms with Crippen LogP contribution < -0.4 is 5.73 Å². The largest absolute Gasteiger partial charge is 0.330 e. The molecule has 0 amide bonds. The van der Waals surface area contributed by atoms with Crippen LogP contribution in [0.3, 0.4) is 0 Å². The Morgan fingerprint density at radius 2 is 2.18 bits per heavy atom. The first-order chi connectivity index (χ1) is 5.20. The second kappa shape index (κ2) is 6.80. The number of hydrogen-bond acceptors (Lipinski definition) is 2. The average molecular weight is 177 g/mol. The minimum absolute atomic E-state index is 0.547. The summed E-state index contributed by atoms with van der Waals surface area (Å²) in [5.74, 6) is 2.08. The van der Waals surface area contributed by atoms with Gasteiger partial charge >= 0.3 is 0 Å². The smallest absolute Gasteiger partial charge is 0.0357 e. The van der Waals surface area contributed by atoms with Crippen molar-refractivity contribution in [1.29, 1.82) is 0 Å². The van der Waals surface area contributed by atoms with Crippen molar-refractivity contribution >= 4 is 10.8 Å². The Labute approximate surface area is 72.0 Å². The van der Waals surface area contributed by atoms with E-state index in [1.807, 2.05) is 0 Å².